The molecule has 0 atom stereocenters. The molecule has 0 aliphatic heterocycles. The van der Waals surface area contributed by atoms with Gasteiger partial charge in [0.05, 0.1) is 28.6 Å². The number of rotatable bonds is 2. The van der Waals surface area contributed by atoms with E-state index in [1.165, 1.54) is 6.20 Å². The molecular weight excluding hydrogens is 246 g/mol. The van der Waals surface area contributed by atoms with Gasteiger partial charge in [0.15, 0.2) is 0 Å². The molecule has 0 saturated heterocycles. The van der Waals surface area contributed by atoms with Crippen molar-refractivity contribution in [2.75, 3.05) is 6.61 Å². The fourth-order valence-corrected chi connectivity index (χ4v) is 2.03. The van der Waals surface area contributed by atoms with E-state index in [-0.39, 0.29) is 11.5 Å². The molecule has 0 bridgehead atoms. The number of hydrogen-bond acceptors (Lipinski definition) is 4. The number of aromatic nitrogens is 3. The summed E-state index contributed by atoms with van der Waals surface area (Å²) >= 11 is 0. The van der Waals surface area contributed by atoms with Crippen LogP contribution in [0.5, 0.6) is 0 Å². The lowest BCUT2D eigenvalue weighted by atomic mass is 10.1. The topological polar surface area (TPSA) is 87.8 Å². The molecule has 6 nitrogen and oxygen atoms in total. The first-order valence-corrected chi connectivity index (χ1v) is 5.87. The normalized spacial score (nSPS) is 11.0. The van der Waals surface area contributed by atoms with Crippen LogP contribution >= 0.6 is 0 Å². The first-order chi connectivity index (χ1) is 9.20. The van der Waals surface area contributed by atoms with Gasteiger partial charge in [0.25, 0.3) is 5.56 Å². The van der Waals surface area contributed by atoms with Crippen LogP contribution in [0, 0.1) is 0 Å². The SMILES string of the molecule is CCOC(=O)c1ccc2ncc3c(=O)[nH][nH]c3c2c1. The standard InChI is InChI=1S/C13H11N3O3/c1-2-19-13(18)7-3-4-10-8(5-7)11-9(6-14-10)12(17)16-15-11/h3-6H,2H2,1H3,(H2,15,16,17). The van der Waals surface area contributed by atoms with E-state index in [0.29, 0.717) is 34.0 Å². The number of pyridine rings is 1. The monoisotopic (exact) mass is 257 g/mol. The second-order valence-corrected chi connectivity index (χ2v) is 4.08. The molecule has 1 aromatic carbocycles. The van der Waals surface area contributed by atoms with Gasteiger partial charge in [0.1, 0.15) is 0 Å². The lowest BCUT2D eigenvalue weighted by molar-refractivity contribution is 0.0526. The summed E-state index contributed by atoms with van der Waals surface area (Å²) in [6.07, 6.45) is 1.51. The number of fused-ring (bicyclic) bond motifs is 3. The Labute approximate surface area is 107 Å². The van der Waals surface area contributed by atoms with Gasteiger partial charge in [-0.25, -0.2) is 4.79 Å². The second-order valence-electron chi connectivity index (χ2n) is 4.08. The van der Waals surface area contributed by atoms with E-state index >= 15 is 0 Å². The molecule has 19 heavy (non-hydrogen) atoms. The van der Waals surface area contributed by atoms with E-state index < -0.39 is 0 Å². The van der Waals surface area contributed by atoms with Crippen molar-refractivity contribution in [3.63, 3.8) is 0 Å². The largest absolute Gasteiger partial charge is 0.462 e. The van der Waals surface area contributed by atoms with Crippen LogP contribution in [-0.4, -0.2) is 27.8 Å². The Morgan fingerprint density at radius 3 is 2.95 bits per heavy atom. The number of hydrogen-bond donors (Lipinski definition) is 2. The molecule has 0 aliphatic carbocycles. The summed E-state index contributed by atoms with van der Waals surface area (Å²) < 4.78 is 4.96. The molecule has 2 N–H and O–H groups in total. The summed E-state index contributed by atoms with van der Waals surface area (Å²) in [7, 11) is 0. The van der Waals surface area contributed by atoms with Crippen LogP contribution in [0.4, 0.5) is 0 Å². The van der Waals surface area contributed by atoms with E-state index in [9.17, 15) is 9.59 Å². The smallest absolute Gasteiger partial charge is 0.338 e. The first-order valence-electron chi connectivity index (χ1n) is 5.87. The molecule has 0 radical (unpaired) electrons. The molecule has 0 saturated carbocycles. The van der Waals surface area contributed by atoms with E-state index in [4.69, 9.17) is 4.74 Å². The average Bonchev–Trinajstić information content (AvgIpc) is 2.80. The van der Waals surface area contributed by atoms with Crippen molar-refractivity contribution >= 4 is 27.8 Å². The van der Waals surface area contributed by atoms with Gasteiger partial charge in [-0.3, -0.25) is 20.0 Å². The minimum atomic E-state index is -0.390. The Balaban J connectivity index is 2.28. The molecule has 2 aromatic heterocycles. The predicted molar refractivity (Wildman–Crippen MR) is 70.2 cm³/mol. The minimum Gasteiger partial charge on any atom is -0.462 e. The Kier molecular flexibility index (Phi) is 2.56. The molecule has 96 valence electrons. The summed E-state index contributed by atoms with van der Waals surface area (Å²) in [6, 6.07) is 5.06. The first kappa shape index (κ1) is 11.5. The number of nitrogens with one attached hydrogen (secondary N) is 2. The fourth-order valence-electron chi connectivity index (χ4n) is 2.03. The Hall–Kier alpha value is -2.63. The quantitative estimate of drug-likeness (QED) is 0.682. The van der Waals surface area contributed by atoms with Crippen molar-refractivity contribution < 1.29 is 9.53 Å². The van der Waals surface area contributed by atoms with E-state index in [1.54, 1.807) is 25.1 Å². The number of esters is 1. The van der Waals surface area contributed by atoms with Crippen molar-refractivity contribution in [2.45, 2.75) is 6.92 Å². The highest BCUT2D eigenvalue weighted by Crippen LogP contribution is 2.21. The van der Waals surface area contributed by atoms with Gasteiger partial charge in [0, 0.05) is 11.6 Å². The summed E-state index contributed by atoms with van der Waals surface area (Å²) in [5, 5.41) is 6.48. The highest BCUT2D eigenvalue weighted by atomic mass is 16.5. The Morgan fingerprint density at radius 1 is 1.32 bits per heavy atom. The molecule has 6 heteroatoms. The average molecular weight is 257 g/mol. The van der Waals surface area contributed by atoms with Gasteiger partial charge >= 0.3 is 5.97 Å². The Bertz CT molecular complexity index is 832. The van der Waals surface area contributed by atoms with Gasteiger partial charge in [-0.1, -0.05) is 0 Å². The third kappa shape index (κ3) is 1.77. The fraction of sp³-hybridized carbons (Fsp3) is 0.154. The summed E-state index contributed by atoms with van der Waals surface area (Å²) in [4.78, 5) is 27.4. The Morgan fingerprint density at radius 2 is 2.16 bits per heavy atom. The van der Waals surface area contributed by atoms with Gasteiger partial charge in [0.2, 0.25) is 0 Å². The third-order valence-electron chi connectivity index (χ3n) is 2.92. The lowest BCUT2D eigenvalue weighted by Gasteiger charge is -2.03. The summed E-state index contributed by atoms with van der Waals surface area (Å²) in [5.74, 6) is -0.390. The maximum atomic E-state index is 11.7. The highest BCUT2D eigenvalue weighted by Gasteiger charge is 2.11. The summed E-state index contributed by atoms with van der Waals surface area (Å²) in [5.41, 5.74) is 1.55. The van der Waals surface area contributed by atoms with E-state index in [1.807, 2.05) is 0 Å². The van der Waals surface area contributed by atoms with E-state index in [0.717, 1.165) is 0 Å². The molecule has 3 aromatic rings. The third-order valence-corrected chi connectivity index (χ3v) is 2.92. The van der Waals surface area contributed by atoms with Crippen molar-refractivity contribution in [1.82, 2.24) is 15.2 Å². The zero-order valence-electron chi connectivity index (χ0n) is 10.2. The van der Waals surface area contributed by atoms with Crippen molar-refractivity contribution in [1.29, 1.82) is 0 Å². The zero-order valence-corrected chi connectivity index (χ0v) is 10.2. The molecule has 0 fully saturated rings. The maximum Gasteiger partial charge on any atom is 0.338 e. The molecule has 2 heterocycles. The number of carbonyl (C=O) groups is 1. The van der Waals surface area contributed by atoms with Crippen LogP contribution < -0.4 is 5.56 Å². The van der Waals surface area contributed by atoms with Gasteiger partial charge in [-0.05, 0) is 25.1 Å². The van der Waals surface area contributed by atoms with E-state index in [2.05, 4.69) is 15.2 Å². The highest BCUT2D eigenvalue weighted by molar-refractivity contribution is 6.05. The van der Waals surface area contributed by atoms with Crippen LogP contribution in [-0.2, 0) is 4.74 Å². The number of benzene rings is 1. The number of ether oxygens (including phenoxy) is 1. The molecule has 0 unspecified atom stereocenters. The van der Waals surface area contributed by atoms with Gasteiger partial charge in [-0.2, -0.15) is 0 Å². The van der Waals surface area contributed by atoms with Crippen LogP contribution in [0.25, 0.3) is 21.8 Å². The zero-order chi connectivity index (χ0) is 13.4. The molecule has 0 spiro atoms. The number of H-pyrrole nitrogens is 2. The maximum absolute atomic E-state index is 11.7. The second kappa shape index (κ2) is 4.24. The minimum absolute atomic E-state index is 0.231. The van der Waals surface area contributed by atoms with Crippen LogP contribution in [0.1, 0.15) is 17.3 Å². The molecule has 0 aliphatic rings. The molecular formula is C13H11N3O3. The van der Waals surface area contributed by atoms with Crippen LogP contribution in [0.3, 0.4) is 0 Å². The van der Waals surface area contributed by atoms with Gasteiger partial charge < -0.3 is 4.74 Å². The van der Waals surface area contributed by atoms with Gasteiger partial charge in [-0.15, -0.1) is 0 Å². The van der Waals surface area contributed by atoms with Crippen molar-refractivity contribution in [3.05, 3.63) is 40.3 Å². The lowest BCUT2D eigenvalue weighted by Crippen LogP contribution is -2.04. The van der Waals surface area contributed by atoms with Crippen molar-refractivity contribution in [2.24, 2.45) is 0 Å². The number of nitrogens with zero attached hydrogens (tertiary/aromatic N) is 1. The van der Waals surface area contributed by atoms with Crippen LogP contribution in [0.2, 0.25) is 0 Å². The van der Waals surface area contributed by atoms with Crippen molar-refractivity contribution in [3.8, 4) is 0 Å². The molecule has 3 rings (SSSR count). The molecule has 0 amide bonds. The predicted octanol–water partition coefficient (Wildman–Crippen LogP) is 1.58. The summed E-state index contributed by atoms with van der Waals surface area (Å²) in [6.45, 7) is 2.07. The number of carbonyl (C=O) groups excluding carboxylic acids is 1. The number of aromatic amines is 2. The van der Waals surface area contributed by atoms with Crippen LogP contribution in [0.15, 0.2) is 29.2 Å².